The maximum Gasteiger partial charge on any atom is 0.280 e. The number of anilines is 1. The highest BCUT2D eigenvalue weighted by molar-refractivity contribution is 7.17. The number of nitrogens with one attached hydrogen (secondary N) is 2. The van der Waals surface area contributed by atoms with Crippen molar-refractivity contribution in [1.82, 2.24) is 20.2 Å². The van der Waals surface area contributed by atoms with E-state index in [1.165, 1.54) is 12.3 Å². The molecule has 3 aliphatic rings. The molecule has 2 bridgehead atoms. The number of hydrogen-bond acceptors (Lipinski definition) is 7. The van der Waals surface area contributed by atoms with Crippen molar-refractivity contribution in [2.24, 2.45) is 5.92 Å². The zero-order chi connectivity index (χ0) is 26.5. The fourth-order valence-corrected chi connectivity index (χ4v) is 6.36. The molecule has 0 unspecified atom stereocenters. The number of thiazole rings is 1. The molecule has 3 fully saturated rings. The second-order valence-corrected chi connectivity index (χ2v) is 12.1. The van der Waals surface area contributed by atoms with Crippen LogP contribution in [-0.4, -0.2) is 62.1 Å². The highest BCUT2D eigenvalue weighted by atomic mass is 32.1. The third-order valence-corrected chi connectivity index (χ3v) is 8.60. The number of nitrogens with zero attached hydrogens (tertiary/aromatic N) is 3. The van der Waals surface area contributed by atoms with Crippen LogP contribution in [0.4, 0.5) is 14.6 Å². The van der Waals surface area contributed by atoms with Gasteiger partial charge < -0.3 is 20.6 Å². The Morgan fingerprint density at radius 3 is 2.41 bits per heavy atom. The molecular weight excluding hydrogens is 500 g/mol. The minimum Gasteiger partial charge on any atom is -0.389 e. The molecule has 8 nitrogen and oxygen atoms in total. The van der Waals surface area contributed by atoms with Crippen LogP contribution in [0.5, 0.6) is 0 Å². The fourth-order valence-electron chi connectivity index (χ4n) is 5.35. The standard InChI is InChI=1S/C26H33F2N5O3S/c1-13(14-4-5-14)31-19-10-17(22(27)28)18(11-29-19)21-20(25(35)33-15-6-7-16(33)9-8-15)32-24(37-21)23(34)30-12-26(2,3)36/h10-11,13-16,22,36H,4-9,12H2,1-3H3,(H,29,31)(H,30,34)/t13-,15-,16-/m0/s1. The van der Waals surface area contributed by atoms with Gasteiger partial charge in [-0.25, -0.2) is 18.7 Å². The Labute approximate surface area is 218 Å². The summed E-state index contributed by atoms with van der Waals surface area (Å²) in [6.45, 7) is 5.10. The number of halogens is 2. The van der Waals surface area contributed by atoms with Gasteiger partial charge in [0.25, 0.3) is 18.2 Å². The summed E-state index contributed by atoms with van der Waals surface area (Å²) in [5.74, 6) is -0.0259. The van der Waals surface area contributed by atoms with Gasteiger partial charge in [0.15, 0.2) is 5.01 Å². The van der Waals surface area contributed by atoms with Crippen LogP contribution in [0.2, 0.25) is 0 Å². The van der Waals surface area contributed by atoms with Crippen LogP contribution in [0.3, 0.4) is 0 Å². The van der Waals surface area contributed by atoms with Crippen LogP contribution < -0.4 is 10.6 Å². The number of fused-ring (bicyclic) bond motifs is 2. The van der Waals surface area contributed by atoms with Crippen molar-refractivity contribution in [2.45, 2.75) is 89.4 Å². The van der Waals surface area contributed by atoms with Crippen molar-refractivity contribution in [1.29, 1.82) is 0 Å². The van der Waals surface area contributed by atoms with Crippen LogP contribution in [0, 0.1) is 5.92 Å². The summed E-state index contributed by atoms with van der Waals surface area (Å²) < 4.78 is 28.6. The fraction of sp³-hybridized carbons (Fsp3) is 0.615. The minimum absolute atomic E-state index is 0.00738. The van der Waals surface area contributed by atoms with Gasteiger partial charge in [0.2, 0.25) is 0 Å². The molecule has 200 valence electrons. The Morgan fingerprint density at radius 1 is 1.19 bits per heavy atom. The van der Waals surface area contributed by atoms with Crippen molar-refractivity contribution >= 4 is 29.0 Å². The first-order valence-electron chi connectivity index (χ1n) is 12.9. The van der Waals surface area contributed by atoms with Crippen molar-refractivity contribution in [3.63, 3.8) is 0 Å². The molecule has 2 aromatic rings. The molecule has 3 N–H and O–H groups in total. The number of amides is 2. The number of carbonyl (C=O) groups excluding carboxylic acids is 2. The molecule has 0 aromatic carbocycles. The van der Waals surface area contributed by atoms with Crippen LogP contribution in [-0.2, 0) is 0 Å². The Hall–Kier alpha value is -2.66. The summed E-state index contributed by atoms with van der Waals surface area (Å²) in [6.07, 6.45) is 4.42. The molecule has 1 atom stereocenters. The summed E-state index contributed by atoms with van der Waals surface area (Å²) in [7, 11) is 0. The van der Waals surface area contributed by atoms with Gasteiger partial charge in [-0.3, -0.25) is 9.59 Å². The lowest BCUT2D eigenvalue weighted by atomic mass is 10.0. The Balaban J connectivity index is 1.52. The number of alkyl halides is 2. The molecule has 1 saturated carbocycles. The highest BCUT2D eigenvalue weighted by Crippen LogP contribution is 2.42. The van der Waals surface area contributed by atoms with Gasteiger partial charge in [0.1, 0.15) is 11.5 Å². The van der Waals surface area contributed by atoms with Crippen molar-refractivity contribution in [3.8, 4) is 10.4 Å². The number of carbonyl (C=O) groups is 2. The van der Waals surface area contributed by atoms with Gasteiger partial charge in [0, 0.05) is 42.0 Å². The first-order valence-corrected chi connectivity index (χ1v) is 13.7. The van der Waals surface area contributed by atoms with E-state index in [1.54, 1.807) is 13.8 Å². The van der Waals surface area contributed by atoms with Gasteiger partial charge in [0.05, 0.1) is 10.5 Å². The highest BCUT2D eigenvalue weighted by Gasteiger charge is 2.44. The number of rotatable bonds is 9. The van der Waals surface area contributed by atoms with E-state index >= 15 is 0 Å². The topological polar surface area (TPSA) is 107 Å². The molecule has 2 saturated heterocycles. The van der Waals surface area contributed by atoms with E-state index in [-0.39, 0.29) is 57.3 Å². The lowest BCUT2D eigenvalue weighted by Crippen LogP contribution is -2.38. The van der Waals surface area contributed by atoms with Crippen molar-refractivity contribution < 1.29 is 23.5 Å². The second-order valence-electron chi connectivity index (χ2n) is 11.1. The quantitative estimate of drug-likeness (QED) is 0.434. The molecule has 5 rings (SSSR count). The maximum atomic E-state index is 14.3. The number of pyridine rings is 1. The number of hydrogen-bond donors (Lipinski definition) is 3. The van der Waals surface area contributed by atoms with E-state index in [0.717, 1.165) is 49.9 Å². The van der Waals surface area contributed by atoms with Crippen LogP contribution in [0.25, 0.3) is 10.4 Å². The smallest absolute Gasteiger partial charge is 0.280 e. The van der Waals surface area contributed by atoms with Crippen molar-refractivity contribution in [3.05, 3.63) is 28.5 Å². The van der Waals surface area contributed by atoms with Crippen molar-refractivity contribution in [2.75, 3.05) is 11.9 Å². The maximum absolute atomic E-state index is 14.3. The zero-order valence-electron chi connectivity index (χ0n) is 21.3. The van der Waals surface area contributed by atoms with Crippen LogP contribution in [0.1, 0.15) is 91.6 Å². The zero-order valence-corrected chi connectivity index (χ0v) is 22.1. The summed E-state index contributed by atoms with van der Waals surface area (Å²) in [6, 6.07) is 1.69. The van der Waals surface area contributed by atoms with Crippen LogP contribution >= 0.6 is 11.3 Å². The third-order valence-electron chi connectivity index (χ3n) is 7.51. The van der Waals surface area contributed by atoms with Gasteiger partial charge >= 0.3 is 0 Å². The normalized spacial score (nSPS) is 22.0. The lowest BCUT2D eigenvalue weighted by molar-refractivity contribution is 0.0692. The molecule has 2 aromatic heterocycles. The van der Waals surface area contributed by atoms with Gasteiger partial charge in [-0.15, -0.1) is 11.3 Å². The first-order chi connectivity index (χ1) is 17.5. The average Bonchev–Trinajstić information content (AvgIpc) is 3.32. The number of aromatic nitrogens is 2. The van der Waals surface area contributed by atoms with Crippen LogP contribution in [0.15, 0.2) is 12.3 Å². The van der Waals surface area contributed by atoms with E-state index in [9.17, 15) is 23.5 Å². The van der Waals surface area contributed by atoms with Gasteiger partial charge in [-0.1, -0.05) is 0 Å². The molecule has 0 radical (unpaired) electrons. The largest absolute Gasteiger partial charge is 0.389 e. The molecule has 0 spiro atoms. The molecule has 4 heterocycles. The minimum atomic E-state index is -2.81. The van der Waals surface area contributed by atoms with E-state index in [0.29, 0.717) is 11.7 Å². The summed E-state index contributed by atoms with van der Waals surface area (Å²) >= 11 is 0.901. The van der Waals surface area contributed by atoms with Gasteiger partial charge in [-0.05, 0) is 71.3 Å². The predicted molar refractivity (Wildman–Crippen MR) is 137 cm³/mol. The summed E-state index contributed by atoms with van der Waals surface area (Å²) in [5, 5.41) is 15.8. The second kappa shape index (κ2) is 9.90. The first kappa shape index (κ1) is 26.0. The SMILES string of the molecule is C[C@H](Nc1cc(C(F)F)c(-c2sc(C(=O)NCC(C)(C)O)nc2C(=O)N2[C@H]3CC[C@H]2CC3)cn1)C1CC1. The molecule has 2 aliphatic heterocycles. The van der Waals surface area contributed by atoms with E-state index in [4.69, 9.17) is 0 Å². The molecule has 11 heteroatoms. The molecule has 2 amide bonds. The Bertz CT molecular complexity index is 1170. The number of aliphatic hydroxyl groups is 1. The van der Waals surface area contributed by atoms with Gasteiger partial charge in [-0.2, -0.15) is 0 Å². The lowest BCUT2D eigenvalue weighted by Gasteiger charge is -2.22. The predicted octanol–water partition coefficient (Wildman–Crippen LogP) is 4.62. The summed E-state index contributed by atoms with van der Waals surface area (Å²) in [5.41, 5.74) is -1.29. The molecular formula is C26H33F2N5O3S. The molecule has 37 heavy (non-hydrogen) atoms. The average molecular weight is 534 g/mol. The monoisotopic (exact) mass is 533 g/mol. The van der Waals surface area contributed by atoms with E-state index in [2.05, 4.69) is 20.6 Å². The van der Waals surface area contributed by atoms with E-state index in [1.807, 2.05) is 11.8 Å². The summed E-state index contributed by atoms with van der Waals surface area (Å²) in [4.78, 5) is 37.4. The third kappa shape index (κ3) is 5.47. The molecule has 1 aliphatic carbocycles. The Kier molecular flexibility index (Phi) is 6.95. The van der Waals surface area contributed by atoms with E-state index < -0.39 is 17.9 Å². The Morgan fingerprint density at radius 2 is 1.84 bits per heavy atom.